The summed E-state index contributed by atoms with van der Waals surface area (Å²) < 4.78 is 17.1. The first kappa shape index (κ1) is 21.2. The van der Waals surface area contributed by atoms with Gasteiger partial charge in [0.2, 0.25) is 0 Å². The molecule has 162 valence electrons. The fourth-order valence-corrected chi connectivity index (χ4v) is 4.37. The summed E-state index contributed by atoms with van der Waals surface area (Å²) in [5.74, 6) is 3.24. The monoisotopic (exact) mass is 419 g/mol. The van der Waals surface area contributed by atoms with Crippen molar-refractivity contribution >= 4 is 16.7 Å². The van der Waals surface area contributed by atoms with Crippen molar-refractivity contribution in [3.63, 3.8) is 0 Å². The van der Waals surface area contributed by atoms with Gasteiger partial charge in [-0.15, -0.1) is 0 Å². The molecule has 0 atom stereocenters. The molecule has 0 unspecified atom stereocenters. The van der Waals surface area contributed by atoms with Crippen molar-refractivity contribution in [2.75, 3.05) is 14.2 Å². The maximum Gasteiger partial charge on any atom is 0.166 e. The number of methoxy groups -OCH3 is 2. The summed E-state index contributed by atoms with van der Waals surface area (Å²) in [7, 11) is 3.20. The van der Waals surface area contributed by atoms with E-state index >= 15 is 0 Å². The van der Waals surface area contributed by atoms with Gasteiger partial charge in [0, 0.05) is 24.1 Å². The van der Waals surface area contributed by atoms with E-state index in [1.54, 1.807) is 26.5 Å². The molecule has 0 saturated heterocycles. The molecule has 3 aromatic rings. The standard InChI is InChI=1S/C26H29NO4/c1-17-8-11-23(20(14-17)22(28)10-9-18-6-4-5-7-18)31-24-12-13-27-21-16-26(30-3)25(29-2)15-19(21)24/h8,11-16,18H,4-7,9-10H2,1-3H3. The molecule has 1 saturated carbocycles. The van der Waals surface area contributed by atoms with Crippen LogP contribution in [0.5, 0.6) is 23.0 Å². The minimum atomic E-state index is 0.142. The van der Waals surface area contributed by atoms with Gasteiger partial charge in [-0.2, -0.15) is 0 Å². The number of carbonyl (C=O) groups excluding carboxylic acids is 1. The zero-order valence-electron chi connectivity index (χ0n) is 18.4. The van der Waals surface area contributed by atoms with E-state index in [1.165, 1.54) is 25.7 Å². The number of aryl methyl sites for hydroxylation is 1. The van der Waals surface area contributed by atoms with E-state index in [1.807, 2.05) is 37.3 Å². The average molecular weight is 420 g/mol. The van der Waals surface area contributed by atoms with Crippen molar-refractivity contribution in [1.82, 2.24) is 4.98 Å². The molecule has 5 heteroatoms. The molecule has 31 heavy (non-hydrogen) atoms. The molecule has 1 heterocycles. The van der Waals surface area contributed by atoms with Gasteiger partial charge < -0.3 is 14.2 Å². The first-order chi connectivity index (χ1) is 15.1. The summed E-state index contributed by atoms with van der Waals surface area (Å²) in [6, 6.07) is 11.3. The smallest absolute Gasteiger partial charge is 0.166 e. The number of nitrogens with zero attached hydrogens (tertiary/aromatic N) is 1. The Balaban J connectivity index is 1.64. The van der Waals surface area contributed by atoms with Crippen molar-refractivity contribution in [2.24, 2.45) is 5.92 Å². The van der Waals surface area contributed by atoms with Crippen LogP contribution in [0, 0.1) is 12.8 Å². The lowest BCUT2D eigenvalue weighted by Crippen LogP contribution is -2.05. The minimum Gasteiger partial charge on any atom is -0.493 e. The summed E-state index contributed by atoms with van der Waals surface area (Å²) in [6.45, 7) is 2.00. The molecule has 0 bridgehead atoms. The van der Waals surface area contributed by atoms with Gasteiger partial charge in [-0.25, -0.2) is 0 Å². The predicted octanol–water partition coefficient (Wildman–Crippen LogP) is 6.51. The van der Waals surface area contributed by atoms with E-state index < -0.39 is 0 Å². The average Bonchev–Trinajstić information content (AvgIpc) is 3.31. The maximum absolute atomic E-state index is 13.1. The third kappa shape index (κ3) is 4.66. The van der Waals surface area contributed by atoms with Gasteiger partial charge in [0.25, 0.3) is 0 Å². The number of rotatable bonds is 8. The fraction of sp³-hybridized carbons (Fsp3) is 0.385. The van der Waals surface area contributed by atoms with Crippen LogP contribution < -0.4 is 14.2 Å². The van der Waals surface area contributed by atoms with Crippen LogP contribution in [0.4, 0.5) is 0 Å². The molecule has 1 aliphatic carbocycles. The Kier molecular flexibility index (Phi) is 6.40. The second kappa shape index (κ2) is 9.38. The number of carbonyl (C=O) groups is 1. The zero-order valence-corrected chi connectivity index (χ0v) is 18.4. The first-order valence-corrected chi connectivity index (χ1v) is 10.9. The number of pyridine rings is 1. The lowest BCUT2D eigenvalue weighted by molar-refractivity contribution is 0.0971. The van der Waals surface area contributed by atoms with Crippen molar-refractivity contribution in [3.05, 3.63) is 53.7 Å². The second-order valence-corrected chi connectivity index (χ2v) is 8.25. The summed E-state index contributed by atoms with van der Waals surface area (Å²) in [6.07, 6.45) is 8.30. The maximum atomic E-state index is 13.1. The third-order valence-corrected chi connectivity index (χ3v) is 6.12. The van der Waals surface area contributed by atoms with E-state index in [9.17, 15) is 4.79 Å². The van der Waals surface area contributed by atoms with Gasteiger partial charge in [0.15, 0.2) is 17.3 Å². The Hall–Kier alpha value is -3.08. The highest BCUT2D eigenvalue weighted by Crippen LogP contribution is 2.38. The summed E-state index contributed by atoms with van der Waals surface area (Å²) in [4.78, 5) is 17.5. The molecule has 2 aromatic carbocycles. The topological polar surface area (TPSA) is 57.7 Å². The molecule has 0 aliphatic heterocycles. The van der Waals surface area contributed by atoms with Crippen LogP contribution in [-0.2, 0) is 0 Å². The molecule has 0 spiro atoms. The molecule has 0 N–H and O–H groups in total. The molecule has 1 aliphatic rings. The third-order valence-electron chi connectivity index (χ3n) is 6.12. The SMILES string of the molecule is COc1cc2nccc(Oc3ccc(C)cc3C(=O)CCC3CCCC3)c2cc1OC. The number of fused-ring (bicyclic) bond motifs is 1. The lowest BCUT2D eigenvalue weighted by atomic mass is 9.96. The first-order valence-electron chi connectivity index (χ1n) is 10.9. The summed E-state index contributed by atoms with van der Waals surface area (Å²) in [5.41, 5.74) is 2.42. The summed E-state index contributed by atoms with van der Waals surface area (Å²) >= 11 is 0. The summed E-state index contributed by atoms with van der Waals surface area (Å²) in [5, 5.41) is 0.796. The number of hydrogen-bond donors (Lipinski definition) is 0. The minimum absolute atomic E-state index is 0.142. The predicted molar refractivity (Wildman–Crippen MR) is 122 cm³/mol. The Morgan fingerprint density at radius 3 is 2.45 bits per heavy atom. The van der Waals surface area contributed by atoms with E-state index in [0.717, 1.165) is 22.9 Å². The van der Waals surface area contributed by atoms with Gasteiger partial charge in [0.05, 0.1) is 25.3 Å². The highest BCUT2D eigenvalue weighted by molar-refractivity contribution is 5.99. The van der Waals surface area contributed by atoms with Crippen molar-refractivity contribution < 1.29 is 19.0 Å². The number of Topliss-reactive ketones (excluding diaryl/α,β-unsaturated/α-hetero) is 1. The largest absolute Gasteiger partial charge is 0.493 e. The molecular weight excluding hydrogens is 390 g/mol. The molecule has 0 radical (unpaired) electrons. The normalized spacial score (nSPS) is 14.0. The highest BCUT2D eigenvalue weighted by atomic mass is 16.5. The molecule has 4 rings (SSSR count). The van der Waals surface area contributed by atoms with Crippen molar-refractivity contribution in [1.29, 1.82) is 0 Å². The van der Waals surface area contributed by atoms with Gasteiger partial charge in [-0.05, 0) is 43.5 Å². The van der Waals surface area contributed by atoms with Gasteiger partial charge in [-0.3, -0.25) is 9.78 Å². The van der Waals surface area contributed by atoms with Crippen LogP contribution in [0.25, 0.3) is 10.9 Å². The van der Waals surface area contributed by atoms with Crippen molar-refractivity contribution in [3.8, 4) is 23.0 Å². The van der Waals surface area contributed by atoms with Crippen LogP contribution in [0.1, 0.15) is 54.4 Å². The Labute approximate surface area is 183 Å². The van der Waals surface area contributed by atoms with E-state index in [-0.39, 0.29) is 5.78 Å². The zero-order chi connectivity index (χ0) is 21.8. The molecule has 1 fully saturated rings. The number of aromatic nitrogens is 1. The molecule has 0 amide bonds. The second-order valence-electron chi connectivity index (χ2n) is 8.25. The van der Waals surface area contributed by atoms with Crippen LogP contribution in [0.3, 0.4) is 0 Å². The Bertz CT molecular complexity index is 1090. The van der Waals surface area contributed by atoms with Crippen LogP contribution >= 0.6 is 0 Å². The number of ether oxygens (including phenoxy) is 3. The number of hydrogen-bond acceptors (Lipinski definition) is 5. The molecular formula is C26H29NO4. The Morgan fingerprint density at radius 2 is 1.71 bits per heavy atom. The quantitative estimate of drug-likeness (QED) is 0.390. The highest BCUT2D eigenvalue weighted by Gasteiger charge is 2.20. The van der Waals surface area contributed by atoms with Gasteiger partial charge >= 0.3 is 0 Å². The fourth-order valence-electron chi connectivity index (χ4n) is 4.37. The van der Waals surface area contributed by atoms with Crippen LogP contribution in [0.15, 0.2) is 42.6 Å². The van der Waals surface area contributed by atoms with E-state index in [4.69, 9.17) is 14.2 Å². The molecule has 5 nitrogen and oxygen atoms in total. The molecule has 1 aromatic heterocycles. The number of benzene rings is 2. The van der Waals surface area contributed by atoms with E-state index in [0.29, 0.717) is 40.9 Å². The van der Waals surface area contributed by atoms with Crippen LogP contribution in [0.2, 0.25) is 0 Å². The van der Waals surface area contributed by atoms with Crippen LogP contribution in [-0.4, -0.2) is 25.0 Å². The van der Waals surface area contributed by atoms with Gasteiger partial charge in [0.1, 0.15) is 11.5 Å². The van der Waals surface area contributed by atoms with E-state index in [2.05, 4.69) is 4.98 Å². The number of ketones is 1. The Morgan fingerprint density at radius 1 is 0.968 bits per heavy atom. The lowest BCUT2D eigenvalue weighted by Gasteiger charge is -2.15. The van der Waals surface area contributed by atoms with Gasteiger partial charge in [-0.1, -0.05) is 37.3 Å². The van der Waals surface area contributed by atoms with Crippen molar-refractivity contribution in [2.45, 2.75) is 45.4 Å².